The van der Waals surface area contributed by atoms with Crippen LogP contribution >= 0.6 is 0 Å². The summed E-state index contributed by atoms with van der Waals surface area (Å²) in [5.74, 6) is 0.713. The van der Waals surface area contributed by atoms with Crippen LogP contribution in [0.25, 0.3) is 10.9 Å². The first-order valence-corrected chi connectivity index (χ1v) is 7.63. The highest BCUT2D eigenvalue weighted by molar-refractivity contribution is 5.92. The number of fused-ring (bicyclic) bond motifs is 1. The van der Waals surface area contributed by atoms with E-state index in [9.17, 15) is 4.79 Å². The van der Waals surface area contributed by atoms with E-state index >= 15 is 0 Å². The van der Waals surface area contributed by atoms with Crippen molar-refractivity contribution in [2.24, 2.45) is 0 Å². The van der Waals surface area contributed by atoms with Crippen molar-refractivity contribution < 1.29 is 4.79 Å². The van der Waals surface area contributed by atoms with E-state index in [0.717, 1.165) is 23.0 Å². The minimum atomic E-state index is 0.00765. The van der Waals surface area contributed by atoms with Crippen molar-refractivity contribution in [1.29, 1.82) is 0 Å². The van der Waals surface area contributed by atoms with Gasteiger partial charge in [0.1, 0.15) is 5.82 Å². The summed E-state index contributed by atoms with van der Waals surface area (Å²) in [5.41, 5.74) is 2.50. The number of rotatable bonds is 5. The molecule has 5 heteroatoms. The number of anilines is 3. The quantitative estimate of drug-likeness (QED) is 0.744. The van der Waals surface area contributed by atoms with Gasteiger partial charge < -0.3 is 10.6 Å². The zero-order chi connectivity index (χ0) is 16.1. The molecule has 1 amide bonds. The Morgan fingerprint density at radius 3 is 2.74 bits per heavy atom. The molecule has 3 rings (SSSR count). The van der Waals surface area contributed by atoms with Gasteiger partial charge in [-0.25, -0.2) is 4.98 Å². The van der Waals surface area contributed by atoms with Gasteiger partial charge in [0.05, 0.1) is 23.1 Å². The van der Waals surface area contributed by atoms with E-state index in [1.807, 2.05) is 49.4 Å². The van der Waals surface area contributed by atoms with E-state index < -0.39 is 0 Å². The monoisotopic (exact) mass is 306 g/mol. The SMILES string of the molecule is CCCC(=O)Nc1ccc(Nc2cccc3cccnc23)nc1. The van der Waals surface area contributed by atoms with Gasteiger partial charge in [-0.2, -0.15) is 0 Å². The number of carbonyl (C=O) groups excluding carboxylic acids is 1. The van der Waals surface area contributed by atoms with Crippen LogP contribution in [0.2, 0.25) is 0 Å². The number of nitrogens with zero attached hydrogens (tertiary/aromatic N) is 2. The van der Waals surface area contributed by atoms with E-state index in [2.05, 4.69) is 20.6 Å². The molecule has 0 fully saturated rings. The fourth-order valence-corrected chi connectivity index (χ4v) is 2.34. The number of benzene rings is 1. The van der Waals surface area contributed by atoms with Crippen molar-refractivity contribution in [3.8, 4) is 0 Å². The van der Waals surface area contributed by atoms with Crippen LogP contribution in [-0.4, -0.2) is 15.9 Å². The first kappa shape index (κ1) is 15.0. The summed E-state index contributed by atoms with van der Waals surface area (Å²) in [5, 5.41) is 7.16. The lowest BCUT2D eigenvalue weighted by atomic mass is 10.2. The van der Waals surface area contributed by atoms with E-state index in [1.54, 1.807) is 12.4 Å². The van der Waals surface area contributed by atoms with E-state index in [4.69, 9.17) is 0 Å². The second-order valence-electron chi connectivity index (χ2n) is 5.24. The van der Waals surface area contributed by atoms with Crippen molar-refractivity contribution in [1.82, 2.24) is 9.97 Å². The fraction of sp³-hybridized carbons (Fsp3) is 0.167. The average molecular weight is 306 g/mol. The average Bonchev–Trinajstić information content (AvgIpc) is 2.57. The van der Waals surface area contributed by atoms with Crippen molar-refractivity contribution in [3.63, 3.8) is 0 Å². The smallest absolute Gasteiger partial charge is 0.224 e. The summed E-state index contributed by atoms with van der Waals surface area (Å²) in [7, 11) is 0. The molecule has 0 unspecified atom stereocenters. The van der Waals surface area contributed by atoms with Crippen LogP contribution in [0.1, 0.15) is 19.8 Å². The van der Waals surface area contributed by atoms with Gasteiger partial charge in [0, 0.05) is 18.0 Å². The predicted octanol–water partition coefficient (Wildman–Crippen LogP) is 4.11. The third-order valence-electron chi connectivity index (χ3n) is 3.42. The molecule has 0 aliphatic rings. The topological polar surface area (TPSA) is 66.9 Å². The summed E-state index contributed by atoms with van der Waals surface area (Å²) in [4.78, 5) is 20.3. The van der Waals surface area contributed by atoms with Gasteiger partial charge in [-0.3, -0.25) is 9.78 Å². The van der Waals surface area contributed by atoms with Gasteiger partial charge in [0.15, 0.2) is 0 Å². The third-order valence-corrected chi connectivity index (χ3v) is 3.42. The molecule has 2 heterocycles. The van der Waals surface area contributed by atoms with Crippen LogP contribution in [-0.2, 0) is 4.79 Å². The van der Waals surface area contributed by atoms with Gasteiger partial charge in [0.2, 0.25) is 5.91 Å². The second-order valence-corrected chi connectivity index (χ2v) is 5.24. The number of para-hydroxylation sites is 1. The first-order valence-electron chi connectivity index (χ1n) is 7.63. The van der Waals surface area contributed by atoms with Gasteiger partial charge in [-0.05, 0) is 30.7 Å². The Hall–Kier alpha value is -2.95. The van der Waals surface area contributed by atoms with E-state index in [0.29, 0.717) is 17.9 Å². The number of aromatic nitrogens is 2. The highest BCUT2D eigenvalue weighted by atomic mass is 16.1. The summed E-state index contributed by atoms with van der Waals surface area (Å²) < 4.78 is 0. The fourth-order valence-electron chi connectivity index (χ4n) is 2.34. The Morgan fingerprint density at radius 2 is 1.96 bits per heavy atom. The number of hydrogen-bond donors (Lipinski definition) is 2. The van der Waals surface area contributed by atoms with Crippen LogP contribution in [0, 0.1) is 0 Å². The molecular formula is C18H18N4O. The number of nitrogens with one attached hydrogen (secondary N) is 2. The van der Waals surface area contributed by atoms with Crippen molar-refractivity contribution >= 4 is 34.0 Å². The highest BCUT2D eigenvalue weighted by Gasteiger charge is 2.04. The molecule has 116 valence electrons. The standard InChI is InChI=1S/C18H18N4O/c1-2-5-17(23)21-14-9-10-16(20-12-14)22-15-8-3-6-13-7-4-11-19-18(13)15/h3-4,6-12H,2,5H2,1H3,(H,20,22)(H,21,23). The molecule has 0 radical (unpaired) electrons. The molecule has 3 aromatic rings. The molecule has 0 saturated carbocycles. The Kier molecular flexibility index (Phi) is 4.47. The van der Waals surface area contributed by atoms with Crippen molar-refractivity contribution in [2.45, 2.75) is 19.8 Å². The Bertz CT molecular complexity index is 809. The molecule has 0 saturated heterocycles. The second kappa shape index (κ2) is 6.87. The molecule has 2 aromatic heterocycles. The van der Waals surface area contributed by atoms with E-state index in [-0.39, 0.29) is 5.91 Å². The lowest BCUT2D eigenvalue weighted by molar-refractivity contribution is -0.116. The number of amides is 1. The lowest BCUT2D eigenvalue weighted by Gasteiger charge is -2.09. The van der Waals surface area contributed by atoms with Crippen LogP contribution in [0.4, 0.5) is 17.2 Å². The minimum absolute atomic E-state index is 0.00765. The van der Waals surface area contributed by atoms with Crippen LogP contribution in [0.5, 0.6) is 0 Å². The van der Waals surface area contributed by atoms with Gasteiger partial charge in [0.25, 0.3) is 0 Å². The minimum Gasteiger partial charge on any atom is -0.338 e. The normalized spacial score (nSPS) is 10.5. The zero-order valence-corrected chi connectivity index (χ0v) is 12.9. The number of pyridine rings is 2. The van der Waals surface area contributed by atoms with E-state index in [1.165, 1.54) is 0 Å². The summed E-state index contributed by atoms with van der Waals surface area (Å²) in [6, 6.07) is 13.6. The molecule has 23 heavy (non-hydrogen) atoms. The van der Waals surface area contributed by atoms with Gasteiger partial charge in [-0.15, -0.1) is 0 Å². The molecule has 0 spiro atoms. The van der Waals surface area contributed by atoms with Gasteiger partial charge in [-0.1, -0.05) is 25.1 Å². The molecule has 0 bridgehead atoms. The first-order chi connectivity index (χ1) is 11.3. The Balaban J connectivity index is 1.76. The van der Waals surface area contributed by atoms with Gasteiger partial charge >= 0.3 is 0 Å². The number of carbonyl (C=O) groups is 1. The highest BCUT2D eigenvalue weighted by Crippen LogP contribution is 2.24. The maximum absolute atomic E-state index is 11.6. The maximum atomic E-state index is 11.6. The predicted molar refractivity (Wildman–Crippen MR) is 92.8 cm³/mol. The lowest BCUT2D eigenvalue weighted by Crippen LogP contribution is -2.10. The zero-order valence-electron chi connectivity index (χ0n) is 12.9. The largest absolute Gasteiger partial charge is 0.338 e. The molecule has 0 atom stereocenters. The third kappa shape index (κ3) is 3.63. The summed E-state index contributed by atoms with van der Waals surface area (Å²) >= 11 is 0. The Morgan fingerprint density at radius 1 is 1.09 bits per heavy atom. The Labute approximate surface area is 134 Å². The van der Waals surface area contributed by atoms with Crippen LogP contribution < -0.4 is 10.6 Å². The van der Waals surface area contributed by atoms with Crippen molar-refractivity contribution in [3.05, 3.63) is 54.9 Å². The molecule has 0 aliphatic heterocycles. The molecular weight excluding hydrogens is 288 g/mol. The molecule has 1 aromatic carbocycles. The van der Waals surface area contributed by atoms with Crippen LogP contribution in [0.3, 0.4) is 0 Å². The molecule has 2 N–H and O–H groups in total. The number of hydrogen-bond acceptors (Lipinski definition) is 4. The van der Waals surface area contributed by atoms with Crippen molar-refractivity contribution in [2.75, 3.05) is 10.6 Å². The van der Waals surface area contributed by atoms with Crippen LogP contribution in [0.15, 0.2) is 54.9 Å². The molecule has 0 aliphatic carbocycles. The molecule has 5 nitrogen and oxygen atoms in total. The summed E-state index contributed by atoms with van der Waals surface area (Å²) in [6.07, 6.45) is 4.76. The summed E-state index contributed by atoms with van der Waals surface area (Å²) in [6.45, 7) is 1.98. The maximum Gasteiger partial charge on any atom is 0.224 e.